The number of rotatable bonds is 3. The monoisotopic (exact) mass is 326 g/mol. The first-order valence-corrected chi connectivity index (χ1v) is 8.89. The number of benzene rings is 1. The molecule has 0 aliphatic heterocycles. The van der Waals surface area contributed by atoms with Gasteiger partial charge in [-0.25, -0.2) is 0 Å². The summed E-state index contributed by atoms with van der Waals surface area (Å²) >= 11 is 0. The second kappa shape index (κ2) is 6.54. The molecule has 1 saturated carbocycles. The molecule has 0 N–H and O–H groups in total. The minimum absolute atomic E-state index is 0.109. The van der Waals surface area contributed by atoms with E-state index in [4.69, 9.17) is 4.74 Å². The lowest BCUT2D eigenvalue weighted by molar-refractivity contribution is -0.142. The van der Waals surface area contributed by atoms with Gasteiger partial charge in [0, 0.05) is 12.8 Å². The van der Waals surface area contributed by atoms with Crippen LogP contribution in [0.15, 0.2) is 18.2 Å². The van der Waals surface area contributed by atoms with Crippen LogP contribution < -0.4 is 4.74 Å². The van der Waals surface area contributed by atoms with Crippen LogP contribution in [0.25, 0.3) is 5.57 Å². The molecule has 0 radical (unpaired) electrons. The zero-order valence-electron chi connectivity index (χ0n) is 14.9. The summed E-state index contributed by atoms with van der Waals surface area (Å²) in [7, 11) is 1.70. The molecular weight excluding hydrogens is 300 g/mol. The largest absolute Gasteiger partial charge is 0.497 e. The number of methoxy groups -OCH3 is 1. The van der Waals surface area contributed by atoms with Crippen LogP contribution in [-0.4, -0.2) is 18.7 Å². The van der Waals surface area contributed by atoms with Crippen molar-refractivity contribution in [2.45, 2.75) is 58.8 Å². The van der Waals surface area contributed by atoms with E-state index in [1.54, 1.807) is 7.11 Å². The van der Waals surface area contributed by atoms with Gasteiger partial charge in [0.05, 0.1) is 12.5 Å². The fourth-order valence-electron chi connectivity index (χ4n) is 4.07. The first-order valence-electron chi connectivity index (χ1n) is 8.89. The number of aryl methyl sites for hydroxylation is 2. The van der Waals surface area contributed by atoms with E-state index in [1.165, 1.54) is 22.3 Å². The highest BCUT2D eigenvalue weighted by Crippen LogP contribution is 2.39. The number of hydrogen-bond acceptors (Lipinski definition) is 3. The van der Waals surface area contributed by atoms with Crippen LogP contribution in [-0.2, 0) is 16.0 Å². The van der Waals surface area contributed by atoms with Crippen LogP contribution in [0.1, 0.15) is 62.1 Å². The standard InChI is InChI=1S/C21H26O3/c1-14-12-17(24-3)13-16-7-4-6-15(20(14)16)10-11-21(2)18(22)8-5-9-19(21)23/h10,12-13H,4-9,11H2,1-3H3. The predicted molar refractivity (Wildman–Crippen MR) is 95.2 cm³/mol. The summed E-state index contributed by atoms with van der Waals surface area (Å²) in [6.45, 7) is 3.94. The van der Waals surface area contributed by atoms with Gasteiger partial charge in [-0.2, -0.15) is 0 Å². The first-order chi connectivity index (χ1) is 11.5. The number of ether oxygens (including phenoxy) is 1. The van der Waals surface area contributed by atoms with Crippen LogP contribution in [0.3, 0.4) is 0 Å². The maximum absolute atomic E-state index is 12.3. The van der Waals surface area contributed by atoms with E-state index in [1.807, 2.05) is 6.92 Å². The van der Waals surface area contributed by atoms with Gasteiger partial charge in [-0.15, -0.1) is 0 Å². The molecule has 0 aromatic heterocycles. The lowest BCUT2D eigenvalue weighted by Gasteiger charge is -2.30. The topological polar surface area (TPSA) is 43.4 Å². The fraction of sp³-hybridized carbons (Fsp3) is 0.524. The van der Waals surface area contributed by atoms with Crippen molar-refractivity contribution in [2.75, 3.05) is 7.11 Å². The van der Waals surface area contributed by atoms with E-state index in [-0.39, 0.29) is 11.6 Å². The molecule has 1 aromatic carbocycles. The van der Waals surface area contributed by atoms with Crippen molar-refractivity contribution >= 4 is 17.1 Å². The predicted octanol–water partition coefficient (Wildman–Crippen LogP) is 4.44. The maximum Gasteiger partial charge on any atom is 0.146 e. The molecular formula is C21H26O3. The Kier molecular flexibility index (Phi) is 4.62. The Bertz CT molecular complexity index is 696. The number of ketones is 2. The SMILES string of the molecule is COc1cc(C)c2c(c1)CCCC2=CCC1(C)C(=O)CCCC1=O. The van der Waals surface area contributed by atoms with Crippen molar-refractivity contribution in [3.8, 4) is 5.75 Å². The average molecular weight is 326 g/mol. The molecule has 0 atom stereocenters. The zero-order chi connectivity index (χ0) is 17.3. The van der Waals surface area contributed by atoms with Crippen LogP contribution >= 0.6 is 0 Å². The second-order valence-electron chi connectivity index (χ2n) is 7.30. The first kappa shape index (κ1) is 16.9. The third-order valence-corrected chi connectivity index (χ3v) is 5.63. The van der Waals surface area contributed by atoms with Gasteiger partial charge in [-0.05, 0) is 80.3 Å². The van der Waals surface area contributed by atoms with E-state index < -0.39 is 5.41 Å². The normalized spacial score (nSPS) is 21.7. The Labute approximate surface area is 144 Å². The quantitative estimate of drug-likeness (QED) is 0.771. The van der Waals surface area contributed by atoms with E-state index >= 15 is 0 Å². The summed E-state index contributed by atoms with van der Waals surface area (Å²) in [6, 6.07) is 4.19. The van der Waals surface area contributed by atoms with E-state index in [0.29, 0.717) is 25.7 Å². The van der Waals surface area contributed by atoms with Crippen LogP contribution in [0.2, 0.25) is 0 Å². The van der Waals surface area contributed by atoms with Crippen molar-refractivity contribution in [3.63, 3.8) is 0 Å². The number of carbonyl (C=O) groups is 2. The summed E-state index contributed by atoms with van der Waals surface area (Å²) in [4.78, 5) is 24.7. The van der Waals surface area contributed by atoms with Gasteiger partial charge in [0.2, 0.25) is 0 Å². The van der Waals surface area contributed by atoms with Crippen molar-refractivity contribution in [1.29, 1.82) is 0 Å². The Hall–Kier alpha value is -1.90. The smallest absolute Gasteiger partial charge is 0.146 e. The van der Waals surface area contributed by atoms with Crippen LogP contribution in [0.4, 0.5) is 0 Å². The lowest BCUT2D eigenvalue weighted by atomic mass is 9.70. The van der Waals surface area contributed by atoms with Crippen molar-refractivity contribution in [3.05, 3.63) is 34.9 Å². The summed E-state index contributed by atoms with van der Waals surface area (Å²) < 4.78 is 5.39. The Morgan fingerprint density at radius 2 is 1.75 bits per heavy atom. The van der Waals surface area contributed by atoms with Gasteiger partial charge in [-0.1, -0.05) is 6.08 Å². The second-order valence-corrected chi connectivity index (χ2v) is 7.30. The molecule has 0 bridgehead atoms. The minimum Gasteiger partial charge on any atom is -0.497 e. The van der Waals surface area contributed by atoms with Gasteiger partial charge in [-0.3, -0.25) is 9.59 Å². The molecule has 3 nitrogen and oxygen atoms in total. The Balaban J connectivity index is 1.93. The molecule has 0 heterocycles. The molecule has 3 heteroatoms. The summed E-state index contributed by atoms with van der Waals surface area (Å²) in [5.74, 6) is 1.12. The lowest BCUT2D eigenvalue weighted by Crippen LogP contribution is -2.39. The molecule has 0 spiro atoms. The van der Waals surface area contributed by atoms with E-state index in [9.17, 15) is 9.59 Å². The third kappa shape index (κ3) is 2.92. The summed E-state index contributed by atoms with van der Waals surface area (Å²) in [5.41, 5.74) is 4.28. The zero-order valence-corrected chi connectivity index (χ0v) is 14.9. The molecule has 128 valence electrons. The molecule has 1 aromatic rings. The Morgan fingerprint density at radius 1 is 1.08 bits per heavy atom. The number of carbonyl (C=O) groups excluding carboxylic acids is 2. The van der Waals surface area contributed by atoms with Crippen LogP contribution in [0.5, 0.6) is 5.75 Å². The molecule has 0 amide bonds. The highest BCUT2D eigenvalue weighted by Gasteiger charge is 2.41. The highest BCUT2D eigenvalue weighted by atomic mass is 16.5. The van der Waals surface area contributed by atoms with Gasteiger partial charge in [0.15, 0.2) is 0 Å². The molecule has 2 aliphatic rings. The van der Waals surface area contributed by atoms with E-state index in [0.717, 1.165) is 25.0 Å². The third-order valence-electron chi connectivity index (χ3n) is 5.63. The molecule has 0 saturated heterocycles. The molecule has 2 aliphatic carbocycles. The molecule has 1 fully saturated rings. The molecule has 24 heavy (non-hydrogen) atoms. The van der Waals surface area contributed by atoms with Gasteiger partial charge in [0.1, 0.15) is 17.3 Å². The van der Waals surface area contributed by atoms with E-state index in [2.05, 4.69) is 25.1 Å². The van der Waals surface area contributed by atoms with Crippen molar-refractivity contribution in [1.82, 2.24) is 0 Å². The van der Waals surface area contributed by atoms with Gasteiger partial charge < -0.3 is 4.74 Å². The Morgan fingerprint density at radius 3 is 2.42 bits per heavy atom. The van der Waals surface area contributed by atoms with Crippen molar-refractivity contribution < 1.29 is 14.3 Å². The summed E-state index contributed by atoms with van der Waals surface area (Å²) in [5, 5.41) is 0. The molecule has 0 unspecified atom stereocenters. The average Bonchev–Trinajstić information content (AvgIpc) is 2.57. The van der Waals surface area contributed by atoms with Crippen molar-refractivity contribution in [2.24, 2.45) is 5.41 Å². The van der Waals surface area contributed by atoms with Gasteiger partial charge >= 0.3 is 0 Å². The fourth-order valence-corrected chi connectivity index (χ4v) is 4.07. The number of hydrogen-bond donors (Lipinski definition) is 0. The van der Waals surface area contributed by atoms with Crippen LogP contribution in [0, 0.1) is 12.3 Å². The number of Topliss-reactive ketones (excluding diaryl/α,β-unsaturated/α-hetero) is 2. The molecule has 3 rings (SSSR count). The highest BCUT2D eigenvalue weighted by molar-refractivity contribution is 6.08. The maximum atomic E-state index is 12.3. The summed E-state index contributed by atoms with van der Waals surface area (Å²) in [6.07, 6.45) is 7.65. The number of fused-ring (bicyclic) bond motifs is 1. The minimum atomic E-state index is -0.816. The number of allylic oxidation sites excluding steroid dienone is 2. The van der Waals surface area contributed by atoms with Gasteiger partial charge in [0.25, 0.3) is 0 Å².